The topological polar surface area (TPSA) is 33.2 Å². The summed E-state index contributed by atoms with van der Waals surface area (Å²) in [6.07, 6.45) is 2.05. The van der Waals surface area contributed by atoms with E-state index < -0.39 is 5.95 Å². The highest BCUT2D eigenvalue weighted by molar-refractivity contribution is 5.92. The lowest BCUT2D eigenvalue weighted by atomic mass is 10.1. The molecule has 1 fully saturated rings. The first-order valence-electron chi connectivity index (χ1n) is 6.05. The number of carbonyl (C=O) groups is 1. The van der Waals surface area contributed by atoms with E-state index >= 15 is 0 Å². The molecule has 0 spiro atoms. The van der Waals surface area contributed by atoms with Gasteiger partial charge in [0.05, 0.1) is 0 Å². The Morgan fingerprint density at radius 2 is 2.00 bits per heavy atom. The van der Waals surface area contributed by atoms with E-state index in [1.165, 1.54) is 0 Å². The number of amides is 1. The molecule has 1 aromatic heterocycles. The zero-order chi connectivity index (χ0) is 12.4. The summed E-state index contributed by atoms with van der Waals surface area (Å²) in [7, 11) is 0. The van der Waals surface area contributed by atoms with Gasteiger partial charge >= 0.3 is 0 Å². The molecule has 0 N–H and O–H groups in total. The Morgan fingerprint density at radius 3 is 2.53 bits per heavy atom. The number of carbonyl (C=O) groups excluding carboxylic acids is 1. The summed E-state index contributed by atoms with van der Waals surface area (Å²) in [5.41, 5.74) is 0.775. The number of hydrogen-bond donors (Lipinski definition) is 0. The maximum Gasteiger partial charge on any atom is 0.272 e. The highest BCUT2D eigenvalue weighted by Crippen LogP contribution is 2.18. The number of aromatic nitrogens is 1. The normalized spacial score (nSPS) is 15.6. The van der Waals surface area contributed by atoms with Crippen molar-refractivity contribution in [3.05, 3.63) is 29.3 Å². The lowest BCUT2D eigenvalue weighted by Crippen LogP contribution is -2.28. The Balaban J connectivity index is 2.22. The van der Waals surface area contributed by atoms with Crippen molar-refractivity contribution >= 4 is 5.91 Å². The second kappa shape index (κ2) is 4.82. The predicted molar refractivity (Wildman–Crippen MR) is 63.4 cm³/mol. The number of rotatable bonds is 2. The monoisotopic (exact) mass is 236 g/mol. The lowest BCUT2D eigenvalue weighted by molar-refractivity contribution is 0.0785. The van der Waals surface area contributed by atoms with Gasteiger partial charge in [-0.05, 0) is 24.8 Å². The van der Waals surface area contributed by atoms with Crippen LogP contribution in [-0.2, 0) is 0 Å². The third kappa shape index (κ3) is 2.46. The smallest absolute Gasteiger partial charge is 0.272 e. The van der Waals surface area contributed by atoms with Crippen LogP contribution in [0.2, 0.25) is 0 Å². The van der Waals surface area contributed by atoms with Crippen molar-refractivity contribution in [3.8, 4) is 0 Å². The molecule has 1 amide bonds. The van der Waals surface area contributed by atoms with Gasteiger partial charge in [-0.15, -0.1) is 0 Å². The molecule has 1 saturated heterocycles. The standard InChI is InChI=1S/C13H17FN2O/c1-9(2)10-5-6-11(15-12(10)14)13(17)16-7-3-4-8-16/h5-6,9H,3-4,7-8H2,1-2H3. The van der Waals surface area contributed by atoms with E-state index in [4.69, 9.17) is 0 Å². The number of nitrogens with zero attached hydrogens (tertiary/aromatic N) is 2. The SMILES string of the molecule is CC(C)c1ccc(C(=O)N2CCCC2)nc1F. The third-order valence-corrected chi connectivity index (χ3v) is 3.11. The second-order valence-corrected chi connectivity index (χ2v) is 4.73. The van der Waals surface area contributed by atoms with Gasteiger partial charge in [-0.3, -0.25) is 4.79 Å². The minimum atomic E-state index is -0.523. The van der Waals surface area contributed by atoms with Crippen LogP contribution in [0.4, 0.5) is 4.39 Å². The highest BCUT2D eigenvalue weighted by atomic mass is 19.1. The number of hydrogen-bond acceptors (Lipinski definition) is 2. The summed E-state index contributed by atoms with van der Waals surface area (Å²) < 4.78 is 13.7. The van der Waals surface area contributed by atoms with Crippen molar-refractivity contribution in [2.75, 3.05) is 13.1 Å². The zero-order valence-corrected chi connectivity index (χ0v) is 10.2. The van der Waals surface area contributed by atoms with Gasteiger partial charge < -0.3 is 4.90 Å². The molecule has 0 aromatic carbocycles. The van der Waals surface area contributed by atoms with E-state index in [-0.39, 0.29) is 17.5 Å². The molecular weight excluding hydrogens is 219 g/mol. The van der Waals surface area contributed by atoms with Crippen molar-refractivity contribution in [2.24, 2.45) is 0 Å². The fourth-order valence-corrected chi connectivity index (χ4v) is 2.08. The summed E-state index contributed by atoms with van der Waals surface area (Å²) in [5, 5.41) is 0. The Hall–Kier alpha value is -1.45. The molecule has 0 saturated carbocycles. The maximum absolute atomic E-state index is 13.7. The van der Waals surface area contributed by atoms with Crippen LogP contribution >= 0.6 is 0 Å². The van der Waals surface area contributed by atoms with E-state index in [9.17, 15) is 9.18 Å². The van der Waals surface area contributed by atoms with Crippen LogP contribution in [0.5, 0.6) is 0 Å². The molecule has 0 atom stereocenters. The molecule has 2 rings (SSSR count). The fraction of sp³-hybridized carbons (Fsp3) is 0.538. The summed E-state index contributed by atoms with van der Waals surface area (Å²) in [5.74, 6) is -0.597. The molecule has 17 heavy (non-hydrogen) atoms. The Morgan fingerprint density at radius 1 is 1.35 bits per heavy atom. The minimum Gasteiger partial charge on any atom is -0.337 e. The van der Waals surface area contributed by atoms with Gasteiger partial charge in [-0.25, -0.2) is 4.98 Å². The third-order valence-electron chi connectivity index (χ3n) is 3.11. The van der Waals surface area contributed by atoms with Gasteiger partial charge in [0.15, 0.2) is 0 Å². The average molecular weight is 236 g/mol. The summed E-state index contributed by atoms with van der Waals surface area (Å²) in [6, 6.07) is 3.29. The zero-order valence-electron chi connectivity index (χ0n) is 10.2. The molecule has 0 unspecified atom stereocenters. The number of halogens is 1. The van der Waals surface area contributed by atoms with Crippen LogP contribution in [0.25, 0.3) is 0 Å². The second-order valence-electron chi connectivity index (χ2n) is 4.73. The average Bonchev–Trinajstić information content (AvgIpc) is 2.80. The van der Waals surface area contributed by atoms with Crippen LogP contribution in [0, 0.1) is 5.95 Å². The molecule has 3 nitrogen and oxygen atoms in total. The lowest BCUT2D eigenvalue weighted by Gasteiger charge is -2.15. The Labute approximate surface area is 101 Å². The van der Waals surface area contributed by atoms with Crippen molar-refractivity contribution in [2.45, 2.75) is 32.6 Å². The highest BCUT2D eigenvalue weighted by Gasteiger charge is 2.21. The van der Waals surface area contributed by atoms with Crippen LogP contribution in [0.3, 0.4) is 0 Å². The van der Waals surface area contributed by atoms with Gasteiger partial charge in [0.25, 0.3) is 5.91 Å². The van der Waals surface area contributed by atoms with Gasteiger partial charge in [-0.1, -0.05) is 19.9 Å². The Bertz CT molecular complexity index is 425. The minimum absolute atomic E-state index is 0.0819. The molecule has 0 bridgehead atoms. The van der Waals surface area contributed by atoms with Crippen LogP contribution < -0.4 is 0 Å². The fourth-order valence-electron chi connectivity index (χ4n) is 2.08. The van der Waals surface area contributed by atoms with E-state index in [0.717, 1.165) is 25.9 Å². The van der Waals surface area contributed by atoms with Crippen LogP contribution in [-0.4, -0.2) is 28.9 Å². The summed E-state index contributed by atoms with van der Waals surface area (Å²) in [4.78, 5) is 17.5. The Kier molecular flexibility index (Phi) is 3.41. The first-order chi connectivity index (χ1) is 8.09. The molecule has 0 radical (unpaired) electrons. The largest absolute Gasteiger partial charge is 0.337 e. The number of pyridine rings is 1. The van der Waals surface area contributed by atoms with E-state index in [0.29, 0.717) is 5.56 Å². The predicted octanol–water partition coefficient (Wildman–Crippen LogP) is 2.58. The van der Waals surface area contributed by atoms with Gasteiger partial charge in [0.1, 0.15) is 5.69 Å². The van der Waals surface area contributed by atoms with E-state index in [1.54, 1.807) is 17.0 Å². The molecule has 2 heterocycles. The van der Waals surface area contributed by atoms with Gasteiger partial charge in [-0.2, -0.15) is 4.39 Å². The van der Waals surface area contributed by atoms with Crippen LogP contribution in [0.1, 0.15) is 48.7 Å². The molecule has 1 aromatic rings. The quantitative estimate of drug-likeness (QED) is 0.739. The van der Waals surface area contributed by atoms with Crippen molar-refractivity contribution in [1.82, 2.24) is 9.88 Å². The van der Waals surface area contributed by atoms with Crippen LogP contribution in [0.15, 0.2) is 12.1 Å². The van der Waals surface area contributed by atoms with Crippen molar-refractivity contribution < 1.29 is 9.18 Å². The first-order valence-corrected chi connectivity index (χ1v) is 6.05. The van der Waals surface area contributed by atoms with E-state index in [2.05, 4.69) is 4.98 Å². The van der Waals surface area contributed by atoms with Crippen molar-refractivity contribution in [3.63, 3.8) is 0 Å². The number of likely N-dealkylation sites (tertiary alicyclic amines) is 1. The molecule has 1 aliphatic rings. The maximum atomic E-state index is 13.7. The molecule has 4 heteroatoms. The first kappa shape index (κ1) is 12.0. The molecule has 0 aliphatic carbocycles. The summed E-state index contributed by atoms with van der Waals surface area (Å²) in [6.45, 7) is 5.33. The summed E-state index contributed by atoms with van der Waals surface area (Å²) >= 11 is 0. The van der Waals surface area contributed by atoms with Gasteiger partial charge in [0, 0.05) is 18.7 Å². The van der Waals surface area contributed by atoms with E-state index in [1.807, 2.05) is 13.8 Å². The molecule has 92 valence electrons. The molecular formula is C13H17FN2O. The van der Waals surface area contributed by atoms with Gasteiger partial charge in [0.2, 0.25) is 5.95 Å². The molecule has 1 aliphatic heterocycles. The van der Waals surface area contributed by atoms with Crippen molar-refractivity contribution in [1.29, 1.82) is 0 Å².